The Morgan fingerprint density at radius 1 is 1.40 bits per heavy atom. The highest BCUT2D eigenvalue weighted by molar-refractivity contribution is 5.84. The second-order valence-electron chi connectivity index (χ2n) is 7.97. The molecule has 3 rings (SSSR count). The Morgan fingerprint density at radius 3 is 2.84 bits per heavy atom. The van der Waals surface area contributed by atoms with Crippen LogP contribution in [-0.2, 0) is 28.0 Å². The molecule has 0 saturated carbocycles. The van der Waals surface area contributed by atoms with Crippen LogP contribution < -0.4 is 0 Å². The first-order chi connectivity index (χ1) is 11.8. The molecule has 1 fully saturated rings. The Balaban J connectivity index is 1.69. The van der Waals surface area contributed by atoms with Crippen molar-refractivity contribution in [1.29, 1.82) is 0 Å². The summed E-state index contributed by atoms with van der Waals surface area (Å²) in [6, 6.07) is 0. The van der Waals surface area contributed by atoms with Crippen molar-refractivity contribution in [3.05, 3.63) is 30.0 Å². The van der Waals surface area contributed by atoms with Gasteiger partial charge in [-0.05, 0) is 6.42 Å². The molecular formula is C19H27N3O3. The molecule has 0 radical (unpaired) electrons. The van der Waals surface area contributed by atoms with Gasteiger partial charge in [-0.25, -0.2) is 4.98 Å². The third-order valence-electron chi connectivity index (χ3n) is 4.88. The molecule has 25 heavy (non-hydrogen) atoms. The van der Waals surface area contributed by atoms with Crippen LogP contribution in [0.5, 0.6) is 0 Å². The monoisotopic (exact) mass is 345 g/mol. The first kappa shape index (κ1) is 17.7. The fourth-order valence-electron chi connectivity index (χ4n) is 3.41. The van der Waals surface area contributed by atoms with Crippen molar-refractivity contribution in [2.45, 2.75) is 52.0 Å². The van der Waals surface area contributed by atoms with E-state index in [1.165, 1.54) is 0 Å². The van der Waals surface area contributed by atoms with Gasteiger partial charge in [-0.2, -0.15) is 0 Å². The van der Waals surface area contributed by atoms with Crippen molar-refractivity contribution in [3.8, 4) is 0 Å². The predicted molar refractivity (Wildman–Crippen MR) is 93.8 cm³/mol. The Bertz CT molecular complexity index is 687. The summed E-state index contributed by atoms with van der Waals surface area (Å²) in [5.74, 6) is 1.73. The van der Waals surface area contributed by atoms with Crippen LogP contribution in [0, 0.1) is 5.92 Å². The van der Waals surface area contributed by atoms with Crippen molar-refractivity contribution >= 4 is 11.8 Å². The molecule has 6 heteroatoms. The van der Waals surface area contributed by atoms with Gasteiger partial charge in [0.25, 0.3) is 0 Å². The minimum atomic E-state index is -0.138. The number of carbonyl (C=O) groups is 2. The van der Waals surface area contributed by atoms with Gasteiger partial charge >= 0.3 is 0 Å². The summed E-state index contributed by atoms with van der Waals surface area (Å²) < 4.78 is 5.89. The molecule has 1 atom stereocenters. The Morgan fingerprint density at radius 2 is 2.16 bits per heavy atom. The quantitative estimate of drug-likeness (QED) is 0.788. The first-order valence-corrected chi connectivity index (χ1v) is 8.96. The number of carbonyl (C=O) groups excluding carboxylic acids is 2. The van der Waals surface area contributed by atoms with Crippen LogP contribution >= 0.6 is 0 Å². The van der Waals surface area contributed by atoms with Gasteiger partial charge in [-0.15, -0.1) is 6.58 Å². The van der Waals surface area contributed by atoms with E-state index in [1.54, 1.807) is 11.0 Å². The van der Waals surface area contributed by atoms with Gasteiger partial charge < -0.3 is 14.2 Å². The third kappa shape index (κ3) is 3.62. The van der Waals surface area contributed by atoms with E-state index in [4.69, 9.17) is 4.42 Å². The van der Waals surface area contributed by atoms with Crippen LogP contribution in [0.15, 0.2) is 17.1 Å². The molecule has 0 spiro atoms. The van der Waals surface area contributed by atoms with Gasteiger partial charge in [0.1, 0.15) is 11.5 Å². The lowest BCUT2D eigenvalue weighted by molar-refractivity contribution is -0.143. The molecule has 136 valence electrons. The second kappa shape index (κ2) is 6.65. The lowest BCUT2D eigenvalue weighted by Gasteiger charge is -2.35. The molecular weight excluding hydrogens is 318 g/mol. The van der Waals surface area contributed by atoms with Crippen LogP contribution in [0.25, 0.3) is 0 Å². The average molecular weight is 345 g/mol. The number of fused-ring (bicyclic) bond motifs is 1. The Labute approximate surface area is 148 Å². The van der Waals surface area contributed by atoms with E-state index in [1.807, 2.05) is 4.90 Å². The van der Waals surface area contributed by atoms with E-state index in [9.17, 15) is 9.59 Å². The molecule has 3 heterocycles. The number of rotatable bonds is 3. The van der Waals surface area contributed by atoms with Gasteiger partial charge in [0.2, 0.25) is 11.8 Å². The molecule has 0 aromatic carbocycles. The zero-order valence-electron chi connectivity index (χ0n) is 15.4. The van der Waals surface area contributed by atoms with Crippen molar-refractivity contribution < 1.29 is 14.0 Å². The third-order valence-corrected chi connectivity index (χ3v) is 4.88. The standard InChI is InChI=1S/C19H27N3O3/c1-5-9-21-11-13(6-7-16(21)23)17(24)22-10-8-15-14(12-22)20-18(25-15)19(2,3)4/h5,13H,1,6-12H2,2-4H3. The summed E-state index contributed by atoms with van der Waals surface area (Å²) in [7, 11) is 0. The normalized spacial score (nSPS) is 21.2. The van der Waals surface area contributed by atoms with Crippen molar-refractivity contribution in [2.24, 2.45) is 5.92 Å². The summed E-state index contributed by atoms with van der Waals surface area (Å²) in [4.78, 5) is 33.1. The van der Waals surface area contributed by atoms with Crippen LogP contribution in [0.3, 0.4) is 0 Å². The summed E-state index contributed by atoms with van der Waals surface area (Å²) in [5, 5.41) is 0. The molecule has 2 aliphatic rings. The smallest absolute Gasteiger partial charge is 0.227 e. The molecule has 2 aliphatic heterocycles. The summed E-state index contributed by atoms with van der Waals surface area (Å²) in [6.07, 6.45) is 3.47. The molecule has 1 saturated heterocycles. The van der Waals surface area contributed by atoms with E-state index >= 15 is 0 Å². The molecule has 6 nitrogen and oxygen atoms in total. The van der Waals surface area contributed by atoms with Crippen LogP contribution in [0.2, 0.25) is 0 Å². The SMILES string of the molecule is C=CCN1CC(C(=O)N2CCc3oc(C(C)(C)C)nc3C2)CCC1=O. The Hall–Kier alpha value is -2.11. The maximum atomic E-state index is 12.9. The topological polar surface area (TPSA) is 66.7 Å². The number of aromatic nitrogens is 1. The highest BCUT2D eigenvalue weighted by atomic mass is 16.4. The largest absolute Gasteiger partial charge is 0.445 e. The molecule has 0 bridgehead atoms. The fraction of sp³-hybridized carbons (Fsp3) is 0.632. The van der Waals surface area contributed by atoms with Gasteiger partial charge in [-0.3, -0.25) is 9.59 Å². The summed E-state index contributed by atoms with van der Waals surface area (Å²) >= 11 is 0. The molecule has 0 aliphatic carbocycles. The van der Waals surface area contributed by atoms with Crippen LogP contribution in [0.4, 0.5) is 0 Å². The number of hydrogen-bond donors (Lipinski definition) is 0. The van der Waals surface area contributed by atoms with Gasteiger partial charge in [0, 0.05) is 37.9 Å². The van der Waals surface area contributed by atoms with E-state index in [-0.39, 0.29) is 23.1 Å². The van der Waals surface area contributed by atoms with Crippen molar-refractivity contribution in [3.63, 3.8) is 0 Å². The highest BCUT2D eigenvalue weighted by Crippen LogP contribution is 2.29. The number of piperidine rings is 1. The second-order valence-corrected chi connectivity index (χ2v) is 7.97. The zero-order chi connectivity index (χ0) is 18.2. The maximum Gasteiger partial charge on any atom is 0.227 e. The number of hydrogen-bond acceptors (Lipinski definition) is 4. The minimum absolute atomic E-state index is 0.108. The van der Waals surface area contributed by atoms with Gasteiger partial charge in [0.05, 0.1) is 12.5 Å². The Kier molecular flexibility index (Phi) is 4.71. The molecule has 1 aromatic rings. The first-order valence-electron chi connectivity index (χ1n) is 8.96. The average Bonchev–Trinajstić information content (AvgIpc) is 3.00. The van der Waals surface area contributed by atoms with E-state index in [0.29, 0.717) is 45.4 Å². The van der Waals surface area contributed by atoms with Crippen molar-refractivity contribution in [2.75, 3.05) is 19.6 Å². The lowest BCUT2D eigenvalue weighted by Crippen LogP contribution is -2.48. The molecule has 1 aromatic heterocycles. The fourth-order valence-corrected chi connectivity index (χ4v) is 3.41. The molecule has 0 N–H and O–H groups in total. The minimum Gasteiger partial charge on any atom is -0.445 e. The van der Waals surface area contributed by atoms with E-state index < -0.39 is 0 Å². The van der Waals surface area contributed by atoms with E-state index in [2.05, 4.69) is 32.3 Å². The summed E-state index contributed by atoms with van der Waals surface area (Å²) in [6.45, 7) is 12.0. The predicted octanol–water partition coefficient (Wildman–Crippen LogP) is 2.28. The summed E-state index contributed by atoms with van der Waals surface area (Å²) in [5.41, 5.74) is 0.737. The molecule has 1 unspecified atom stereocenters. The number of oxazole rings is 1. The zero-order valence-corrected chi connectivity index (χ0v) is 15.4. The highest BCUT2D eigenvalue weighted by Gasteiger charge is 2.35. The number of nitrogens with zero attached hydrogens (tertiary/aromatic N) is 3. The maximum absolute atomic E-state index is 12.9. The lowest BCUT2D eigenvalue weighted by atomic mass is 9.95. The number of amides is 2. The van der Waals surface area contributed by atoms with Gasteiger partial charge in [0.15, 0.2) is 5.89 Å². The van der Waals surface area contributed by atoms with Gasteiger partial charge in [-0.1, -0.05) is 26.8 Å². The van der Waals surface area contributed by atoms with Crippen molar-refractivity contribution in [1.82, 2.24) is 14.8 Å². The van der Waals surface area contributed by atoms with Crippen LogP contribution in [-0.4, -0.2) is 46.2 Å². The number of likely N-dealkylation sites (tertiary alicyclic amines) is 1. The van der Waals surface area contributed by atoms with E-state index in [0.717, 1.165) is 17.3 Å². The van der Waals surface area contributed by atoms with Crippen LogP contribution in [0.1, 0.15) is 51.0 Å². The molecule has 2 amide bonds.